The summed E-state index contributed by atoms with van der Waals surface area (Å²) in [5.74, 6) is -0.0137. The molecule has 6 heteroatoms. The van der Waals surface area contributed by atoms with Gasteiger partial charge in [-0.05, 0) is 37.2 Å². The van der Waals surface area contributed by atoms with E-state index in [1.165, 1.54) is 11.8 Å². The van der Waals surface area contributed by atoms with Gasteiger partial charge in [0.1, 0.15) is 0 Å². The molecule has 21 heavy (non-hydrogen) atoms. The second kappa shape index (κ2) is 7.28. The number of rotatable bonds is 6. The maximum Gasteiger partial charge on any atom is 0.224 e. The molecule has 0 aliphatic rings. The van der Waals surface area contributed by atoms with E-state index in [4.69, 9.17) is 5.73 Å². The van der Waals surface area contributed by atoms with E-state index in [2.05, 4.69) is 10.3 Å². The lowest BCUT2D eigenvalue weighted by molar-refractivity contribution is -0.116. The van der Waals surface area contributed by atoms with Gasteiger partial charge in [-0.2, -0.15) is 0 Å². The maximum absolute atomic E-state index is 11.9. The van der Waals surface area contributed by atoms with E-state index < -0.39 is 0 Å². The molecule has 0 spiro atoms. The summed E-state index contributed by atoms with van der Waals surface area (Å²) in [7, 11) is 1.94. The van der Waals surface area contributed by atoms with Crippen LogP contribution < -0.4 is 11.1 Å². The average Bonchev–Trinajstić information content (AvgIpc) is 2.84. The Morgan fingerprint density at radius 1 is 1.48 bits per heavy atom. The number of carbonyl (C=O) groups excluding carboxylic acids is 1. The van der Waals surface area contributed by atoms with Crippen molar-refractivity contribution in [1.29, 1.82) is 0 Å². The molecule has 0 saturated heterocycles. The van der Waals surface area contributed by atoms with Gasteiger partial charge in [-0.15, -0.1) is 0 Å². The second-order valence-electron chi connectivity index (χ2n) is 4.98. The number of hydrogen-bond acceptors (Lipinski definition) is 4. The molecule has 5 nitrogen and oxygen atoms in total. The van der Waals surface area contributed by atoms with Crippen molar-refractivity contribution < 1.29 is 4.79 Å². The molecule has 1 unspecified atom stereocenters. The Hall–Kier alpha value is -1.79. The van der Waals surface area contributed by atoms with Gasteiger partial charge in [-0.25, -0.2) is 4.98 Å². The molecule has 1 atom stereocenters. The number of imidazole rings is 1. The number of nitrogens with one attached hydrogen (secondary N) is 1. The summed E-state index contributed by atoms with van der Waals surface area (Å²) in [5.41, 5.74) is 6.48. The van der Waals surface area contributed by atoms with Crippen molar-refractivity contribution in [2.75, 3.05) is 5.32 Å². The van der Waals surface area contributed by atoms with Crippen LogP contribution in [0.15, 0.2) is 46.7 Å². The van der Waals surface area contributed by atoms with Crippen molar-refractivity contribution in [2.24, 2.45) is 12.8 Å². The Morgan fingerprint density at radius 2 is 2.24 bits per heavy atom. The lowest BCUT2D eigenvalue weighted by atomic mass is 10.2. The van der Waals surface area contributed by atoms with Crippen molar-refractivity contribution in [2.45, 2.75) is 35.9 Å². The molecule has 1 heterocycles. The predicted molar refractivity (Wildman–Crippen MR) is 85.3 cm³/mol. The van der Waals surface area contributed by atoms with Crippen LogP contribution in [0.4, 0.5) is 5.69 Å². The summed E-state index contributed by atoms with van der Waals surface area (Å²) >= 11 is 1.53. The highest BCUT2D eigenvalue weighted by molar-refractivity contribution is 7.99. The second-order valence-corrected chi connectivity index (χ2v) is 5.99. The Morgan fingerprint density at radius 3 is 2.90 bits per heavy atom. The topological polar surface area (TPSA) is 72.9 Å². The number of aryl methyl sites for hydroxylation is 1. The number of nitrogens with two attached hydrogens (primary N) is 1. The molecule has 0 aliphatic carbocycles. The third-order valence-corrected chi connectivity index (χ3v) is 4.12. The van der Waals surface area contributed by atoms with Gasteiger partial charge in [0.2, 0.25) is 5.91 Å². The average molecular weight is 304 g/mol. The molecule has 1 aromatic carbocycles. The minimum Gasteiger partial charge on any atom is -0.329 e. The van der Waals surface area contributed by atoms with Crippen LogP contribution in [0.2, 0.25) is 0 Å². The quantitative estimate of drug-likeness (QED) is 0.860. The number of anilines is 1. The first-order valence-corrected chi connectivity index (χ1v) is 7.67. The highest BCUT2D eigenvalue weighted by Crippen LogP contribution is 2.32. The lowest BCUT2D eigenvalue weighted by Crippen LogP contribution is -2.19. The monoisotopic (exact) mass is 304 g/mol. The van der Waals surface area contributed by atoms with E-state index in [1.807, 2.05) is 49.0 Å². The van der Waals surface area contributed by atoms with Crippen molar-refractivity contribution in [1.82, 2.24) is 9.55 Å². The largest absolute Gasteiger partial charge is 0.329 e. The molecule has 3 N–H and O–H groups in total. The molecular weight excluding hydrogens is 284 g/mol. The predicted octanol–water partition coefficient (Wildman–Crippen LogP) is 2.64. The zero-order valence-electron chi connectivity index (χ0n) is 12.2. The molecular formula is C15H20N4OS. The standard InChI is InChI=1S/C15H20N4OS/c1-11(16)7-8-14(20)18-12-5-3-4-6-13(12)21-15-17-9-10-19(15)2/h3-6,9-11H,7-8,16H2,1-2H3,(H,18,20). The number of para-hydroxylation sites is 1. The van der Waals surface area contributed by atoms with Gasteiger partial charge in [-0.3, -0.25) is 4.79 Å². The van der Waals surface area contributed by atoms with Crippen molar-refractivity contribution in [3.63, 3.8) is 0 Å². The van der Waals surface area contributed by atoms with Crippen LogP contribution in [0.3, 0.4) is 0 Å². The normalized spacial score (nSPS) is 12.1. The van der Waals surface area contributed by atoms with Crippen molar-refractivity contribution in [3.05, 3.63) is 36.7 Å². The Labute approximate surface area is 128 Å². The summed E-state index contributed by atoms with van der Waals surface area (Å²) in [6, 6.07) is 7.76. The molecule has 1 amide bonds. The van der Waals surface area contributed by atoms with Crippen LogP contribution in [0.25, 0.3) is 0 Å². The van der Waals surface area contributed by atoms with E-state index in [1.54, 1.807) is 6.20 Å². The van der Waals surface area contributed by atoms with E-state index in [9.17, 15) is 4.79 Å². The van der Waals surface area contributed by atoms with Gasteiger partial charge in [-0.1, -0.05) is 12.1 Å². The third-order valence-electron chi connectivity index (χ3n) is 2.97. The Balaban J connectivity index is 2.06. The first-order chi connectivity index (χ1) is 10.1. The van der Waals surface area contributed by atoms with Gasteiger partial charge in [0.05, 0.1) is 5.69 Å². The lowest BCUT2D eigenvalue weighted by Gasteiger charge is -2.11. The van der Waals surface area contributed by atoms with E-state index in [0.717, 1.165) is 15.7 Å². The fourth-order valence-corrected chi connectivity index (χ4v) is 2.67. The fourth-order valence-electron chi connectivity index (χ4n) is 1.78. The number of nitrogens with zero attached hydrogens (tertiary/aromatic N) is 2. The SMILES string of the molecule is CC(N)CCC(=O)Nc1ccccc1Sc1nccn1C. The molecule has 0 radical (unpaired) electrons. The molecule has 0 saturated carbocycles. The van der Waals surface area contributed by atoms with Crippen LogP contribution in [0.1, 0.15) is 19.8 Å². The highest BCUT2D eigenvalue weighted by Gasteiger charge is 2.10. The van der Waals surface area contributed by atoms with E-state index in [-0.39, 0.29) is 11.9 Å². The summed E-state index contributed by atoms with van der Waals surface area (Å²) < 4.78 is 1.94. The first kappa shape index (κ1) is 15.6. The molecule has 1 aromatic heterocycles. The smallest absolute Gasteiger partial charge is 0.224 e. The van der Waals surface area contributed by atoms with Gasteiger partial charge in [0.25, 0.3) is 0 Å². The summed E-state index contributed by atoms with van der Waals surface area (Å²) in [6.45, 7) is 1.90. The summed E-state index contributed by atoms with van der Waals surface area (Å²) in [6.07, 6.45) is 4.76. The summed E-state index contributed by atoms with van der Waals surface area (Å²) in [4.78, 5) is 17.2. The minimum atomic E-state index is -0.0137. The van der Waals surface area contributed by atoms with Crippen LogP contribution in [0.5, 0.6) is 0 Å². The molecule has 2 rings (SSSR count). The van der Waals surface area contributed by atoms with Crippen molar-refractivity contribution >= 4 is 23.4 Å². The zero-order valence-corrected chi connectivity index (χ0v) is 13.1. The van der Waals surface area contributed by atoms with Gasteiger partial charge in [0, 0.05) is 36.8 Å². The van der Waals surface area contributed by atoms with Crippen LogP contribution in [0, 0.1) is 0 Å². The van der Waals surface area contributed by atoms with Crippen LogP contribution in [-0.4, -0.2) is 21.5 Å². The van der Waals surface area contributed by atoms with Gasteiger partial charge >= 0.3 is 0 Å². The van der Waals surface area contributed by atoms with E-state index in [0.29, 0.717) is 12.8 Å². The fraction of sp³-hybridized carbons (Fsp3) is 0.333. The van der Waals surface area contributed by atoms with E-state index >= 15 is 0 Å². The molecule has 2 aromatic rings. The number of carbonyl (C=O) groups is 1. The minimum absolute atomic E-state index is 0.0137. The molecule has 0 aliphatic heterocycles. The zero-order chi connectivity index (χ0) is 15.2. The molecule has 0 bridgehead atoms. The van der Waals surface area contributed by atoms with Crippen LogP contribution in [-0.2, 0) is 11.8 Å². The number of amides is 1. The molecule has 112 valence electrons. The molecule has 0 fully saturated rings. The number of aromatic nitrogens is 2. The number of hydrogen-bond donors (Lipinski definition) is 2. The summed E-state index contributed by atoms with van der Waals surface area (Å²) in [5, 5.41) is 3.83. The maximum atomic E-state index is 11.9. The third kappa shape index (κ3) is 4.61. The van der Waals surface area contributed by atoms with Gasteiger partial charge < -0.3 is 15.6 Å². The Bertz CT molecular complexity index is 609. The number of benzene rings is 1. The first-order valence-electron chi connectivity index (χ1n) is 6.86. The highest BCUT2D eigenvalue weighted by atomic mass is 32.2. The van der Waals surface area contributed by atoms with Gasteiger partial charge in [0.15, 0.2) is 5.16 Å². The van der Waals surface area contributed by atoms with Crippen LogP contribution >= 0.6 is 11.8 Å². The van der Waals surface area contributed by atoms with Crippen molar-refractivity contribution in [3.8, 4) is 0 Å². The Kier molecular flexibility index (Phi) is 5.41.